The molecule has 13 nitrogen and oxygen atoms in total. The minimum absolute atomic E-state index is 0.683. The summed E-state index contributed by atoms with van der Waals surface area (Å²) in [5, 5.41) is 43.8. The van der Waals surface area contributed by atoms with Gasteiger partial charge in [0.05, 0.1) is 0 Å². The van der Waals surface area contributed by atoms with Crippen molar-refractivity contribution in [2.24, 2.45) is 0 Å². The lowest BCUT2D eigenvalue weighted by Gasteiger charge is -2.59. The largest absolute Gasteiger partial charge is 0.433 e. The third-order valence-corrected chi connectivity index (χ3v) is 6.12. The summed E-state index contributed by atoms with van der Waals surface area (Å²) in [6.45, 7) is 2.94. The molecule has 0 radical (unpaired) electrons. The number of carbonyl (C=O) groups excluding carboxylic acids is 4. The summed E-state index contributed by atoms with van der Waals surface area (Å²) in [7, 11) is 0. The molecular formula is C15H19BrCl2O13. The first-order chi connectivity index (χ1) is 13.9. The van der Waals surface area contributed by atoms with E-state index in [-0.39, 0.29) is 0 Å². The third kappa shape index (κ3) is 4.75. The Morgan fingerprint density at radius 3 is 1.65 bits per heavy atom. The normalized spacial score (nSPS) is 36.3. The molecule has 4 N–H and O–H groups in total. The van der Waals surface area contributed by atoms with E-state index in [2.05, 4.69) is 34.9 Å². The van der Waals surface area contributed by atoms with Crippen LogP contribution in [-0.4, -0.2) is 83.4 Å². The molecule has 0 aliphatic carbocycles. The maximum atomic E-state index is 11.7. The van der Waals surface area contributed by atoms with E-state index in [9.17, 15) is 39.6 Å². The van der Waals surface area contributed by atoms with Gasteiger partial charge < -0.3 is 44.1 Å². The maximum absolute atomic E-state index is 11.7. The predicted octanol–water partition coefficient (Wildman–Crippen LogP) is -1.08. The molecule has 0 aromatic carbocycles. The molecule has 0 spiro atoms. The average molecular weight is 558 g/mol. The number of alkyl halides is 3. The van der Waals surface area contributed by atoms with Gasteiger partial charge in [-0.15, -0.1) is 23.2 Å². The average Bonchev–Trinajstić information content (AvgIpc) is 2.54. The molecule has 31 heavy (non-hydrogen) atoms. The number of rotatable bonds is 6. The first-order valence-corrected chi connectivity index (χ1v) is 9.80. The molecule has 1 saturated heterocycles. The zero-order chi connectivity index (χ0) is 24.6. The minimum atomic E-state index is -3.99. The van der Waals surface area contributed by atoms with Gasteiger partial charge in [-0.25, -0.2) is 0 Å². The molecule has 1 heterocycles. The molecule has 1 unspecified atom stereocenters. The van der Waals surface area contributed by atoms with E-state index >= 15 is 0 Å². The van der Waals surface area contributed by atoms with E-state index in [4.69, 9.17) is 27.9 Å². The van der Waals surface area contributed by atoms with Crippen molar-refractivity contribution in [3.05, 3.63) is 0 Å². The summed E-state index contributed by atoms with van der Waals surface area (Å²) >= 11 is 14.3. The van der Waals surface area contributed by atoms with Crippen LogP contribution in [0.15, 0.2) is 0 Å². The van der Waals surface area contributed by atoms with Crippen molar-refractivity contribution < 1.29 is 63.3 Å². The van der Waals surface area contributed by atoms with Gasteiger partial charge in [-0.2, -0.15) is 0 Å². The van der Waals surface area contributed by atoms with Crippen LogP contribution in [0.25, 0.3) is 0 Å². The number of carbonyl (C=O) groups is 4. The van der Waals surface area contributed by atoms with Crippen LogP contribution in [0.5, 0.6) is 0 Å². The van der Waals surface area contributed by atoms with Crippen LogP contribution in [0.3, 0.4) is 0 Å². The lowest BCUT2D eigenvalue weighted by atomic mass is 9.83. The van der Waals surface area contributed by atoms with Crippen molar-refractivity contribution in [3.63, 3.8) is 0 Å². The summed E-state index contributed by atoms with van der Waals surface area (Å²) in [6.07, 6.45) is -5.13. The summed E-state index contributed by atoms with van der Waals surface area (Å²) in [6, 6.07) is 0. The lowest BCUT2D eigenvalue weighted by molar-refractivity contribution is -0.522. The van der Waals surface area contributed by atoms with Gasteiger partial charge >= 0.3 is 41.2 Å². The van der Waals surface area contributed by atoms with E-state index < -0.39 is 63.0 Å². The van der Waals surface area contributed by atoms with Crippen molar-refractivity contribution in [2.45, 2.75) is 66.8 Å². The Morgan fingerprint density at radius 2 is 1.29 bits per heavy atom. The van der Waals surface area contributed by atoms with Crippen LogP contribution in [0.2, 0.25) is 0 Å². The van der Waals surface area contributed by atoms with Crippen LogP contribution < -0.4 is 0 Å². The highest BCUT2D eigenvalue weighted by molar-refractivity contribution is 9.10. The second-order valence-corrected chi connectivity index (χ2v) is 8.52. The summed E-state index contributed by atoms with van der Waals surface area (Å²) in [5.74, 6) is -16.9. The molecule has 178 valence electrons. The highest BCUT2D eigenvalue weighted by atomic mass is 79.9. The standard InChI is InChI=1S/C15H19BrCl2O13/c1-5(19)27-10(23)9-13(24,28-6(2)20)15(26,30-8(4)22)14(25,29-7(3)21)12(16,31-9)11(17)18/h9-11,23-26H,1-4H3/t9-,10?,12+,13+,14-,15-/m1/s1. The second-order valence-electron chi connectivity index (χ2n) is 6.25. The molecule has 1 fully saturated rings. The molecule has 1 aliphatic heterocycles. The Balaban J connectivity index is 4.00. The molecule has 0 amide bonds. The first kappa shape index (κ1) is 27.8. The van der Waals surface area contributed by atoms with Gasteiger partial charge in [0.2, 0.25) is 10.8 Å². The van der Waals surface area contributed by atoms with Crippen molar-refractivity contribution in [3.8, 4) is 0 Å². The number of aliphatic hydroxyl groups is 4. The van der Waals surface area contributed by atoms with Gasteiger partial charge in [-0.3, -0.25) is 19.2 Å². The number of aliphatic hydroxyl groups excluding tert-OH is 1. The van der Waals surface area contributed by atoms with E-state index in [1.165, 1.54) is 0 Å². The zero-order valence-corrected chi connectivity index (χ0v) is 19.4. The molecular weight excluding hydrogens is 539 g/mol. The molecule has 0 aromatic rings. The van der Waals surface area contributed by atoms with E-state index in [0.29, 0.717) is 13.8 Å². The highest BCUT2D eigenvalue weighted by Crippen LogP contribution is 2.57. The van der Waals surface area contributed by atoms with Gasteiger partial charge in [0.15, 0.2) is 10.9 Å². The second kappa shape index (κ2) is 9.31. The Labute approximate surface area is 193 Å². The smallest absolute Gasteiger partial charge is 0.351 e. The first-order valence-electron chi connectivity index (χ1n) is 8.14. The number of hydrogen-bond donors (Lipinski definition) is 4. The van der Waals surface area contributed by atoms with Crippen molar-refractivity contribution >= 4 is 63.0 Å². The molecule has 0 bridgehead atoms. The number of ether oxygens (including phenoxy) is 5. The zero-order valence-electron chi connectivity index (χ0n) is 16.3. The highest BCUT2D eigenvalue weighted by Gasteiger charge is 2.86. The molecule has 0 saturated carbocycles. The summed E-state index contributed by atoms with van der Waals surface area (Å²) < 4.78 is 20.7. The van der Waals surface area contributed by atoms with Gasteiger partial charge in [-0.1, -0.05) is 0 Å². The number of halogens is 3. The molecule has 6 atom stereocenters. The lowest BCUT2D eigenvalue weighted by Crippen LogP contribution is -2.87. The van der Waals surface area contributed by atoms with E-state index in [1.807, 2.05) is 0 Å². The van der Waals surface area contributed by atoms with Crippen LogP contribution >= 0.6 is 39.1 Å². The van der Waals surface area contributed by atoms with Crippen LogP contribution in [0, 0.1) is 0 Å². The molecule has 1 rings (SSSR count). The Morgan fingerprint density at radius 1 is 0.871 bits per heavy atom. The monoisotopic (exact) mass is 556 g/mol. The fraction of sp³-hybridized carbons (Fsp3) is 0.733. The van der Waals surface area contributed by atoms with Crippen molar-refractivity contribution in [1.29, 1.82) is 0 Å². The SMILES string of the molecule is CC(=O)OC(O)[C@H]1O[C@@](Br)(C(Cl)Cl)[C@@](O)(OC(C)=O)[C@](O)(OC(C)=O)[C@@]1(O)OC(C)=O. The minimum Gasteiger partial charge on any atom is -0.433 e. The topological polar surface area (TPSA) is 195 Å². The Bertz CT molecular complexity index is 765. The number of esters is 4. The van der Waals surface area contributed by atoms with Crippen LogP contribution in [0.4, 0.5) is 0 Å². The quantitative estimate of drug-likeness (QED) is 0.133. The van der Waals surface area contributed by atoms with E-state index in [1.54, 1.807) is 0 Å². The third-order valence-electron chi connectivity index (χ3n) is 3.80. The van der Waals surface area contributed by atoms with Crippen molar-refractivity contribution in [1.82, 2.24) is 0 Å². The summed E-state index contributed by atoms with van der Waals surface area (Å²) in [5.41, 5.74) is 0. The number of hydrogen-bond acceptors (Lipinski definition) is 13. The Kier molecular flexibility index (Phi) is 8.34. The van der Waals surface area contributed by atoms with Gasteiger partial charge in [-0.05, 0) is 15.9 Å². The fourth-order valence-corrected chi connectivity index (χ4v) is 3.69. The Hall–Kier alpha value is -1.26. The fourth-order valence-electron chi connectivity index (χ4n) is 2.74. The van der Waals surface area contributed by atoms with Gasteiger partial charge in [0, 0.05) is 27.7 Å². The molecule has 0 aromatic heterocycles. The van der Waals surface area contributed by atoms with Crippen LogP contribution in [-0.2, 0) is 42.9 Å². The van der Waals surface area contributed by atoms with Gasteiger partial charge in [0.1, 0.15) is 0 Å². The van der Waals surface area contributed by atoms with Crippen LogP contribution in [0.1, 0.15) is 27.7 Å². The summed E-state index contributed by atoms with van der Waals surface area (Å²) in [4.78, 5) is 44.4. The molecule has 1 aliphatic rings. The van der Waals surface area contributed by atoms with Crippen molar-refractivity contribution in [2.75, 3.05) is 0 Å². The van der Waals surface area contributed by atoms with E-state index in [0.717, 1.165) is 13.8 Å². The molecule has 16 heteroatoms. The van der Waals surface area contributed by atoms with Gasteiger partial charge in [0.25, 0.3) is 0 Å². The predicted molar refractivity (Wildman–Crippen MR) is 99.9 cm³/mol. The maximum Gasteiger partial charge on any atom is 0.351 e.